The van der Waals surface area contributed by atoms with Crippen molar-refractivity contribution in [2.45, 2.75) is 50.7 Å². The van der Waals surface area contributed by atoms with Crippen molar-refractivity contribution in [2.75, 3.05) is 6.54 Å². The van der Waals surface area contributed by atoms with Gasteiger partial charge in [-0.2, -0.15) is 0 Å². The standard InChI is InChI=1S/C18H24N2O3S/c21-15(17(23)19-11-5-8-12-6-1-2-7-12)16(22)18-20-13-9-3-4-10-14(13)24-18/h3-4,9-10,12,15-16,21-22H,1-2,5-8,11H2,(H,19,23). The number of fused-ring (bicyclic) bond motifs is 1. The van der Waals surface area contributed by atoms with Gasteiger partial charge in [0.05, 0.1) is 10.2 Å². The first-order valence-corrected chi connectivity index (χ1v) is 9.46. The molecular weight excluding hydrogens is 324 g/mol. The van der Waals surface area contributed by atoms with E-state index in [9.17, 15) is 15.0 Å². The molecule has 5 nitrogen and oxygen atoms in total. The molecule has 3 rings (SSSR count). The average Bonchev–Trinajstić information content (AvgIpc) is 3.26. The fourth-order valence-electron chi connectivity index (χ4n) is 3.30. The van der Waals surface area contributed by atoms with Gasteiger partial charge in [-0.15, -0.1) is 11.3 Å². The lowest BCUT2D eigenvalue weighted by molar-refractivity contribution is -0.135. The summed E-state index contributed by atoms with van der Waals surface area (Å²) in [6.07, 6.45) is 4.50. The Bertz CT molecular complexity index is 649. The smallest absolute Gasteiger partial charge is 0.252 e. The normalized spacial score (nSPS) is 17.9. The van der Waals surface area contributed by atoms with Gasteiger partial charge in [0.15, 0.2) is 6.10 Å². The first-order chi connectivity index (χ1) is 11.6. The molecule has 1 aromatic heterocycles. The van der Waals surface area contributed by atoms with E-state index in [4.69, 9.17) is 0 Å². The van der Waals surface area contributed by atoms with E-state index in [0.717, 1.165) is 29.0 Å². The number of aromatic nitrogens is 1. The van der Waals surface area contributed by atoms with Gasteiger partial charge in [-0.1, -0.05) is 37.8 Å². The van der Waals surface area contributed by atoms with Crippen molar-refractivity contribution < 1.29 is 15.0 Å². The van der Waals surface area contributed by atoms with E-state index in [1.165, 1.54) is 37.0 Å². The lowest BCUT2D eigenvalue weighted by atomic mass is 10.0. The second kappa shape index (κ2) is 8.05. The fraction of sp³-hybridized carbons (Fsp3) is 0.556. The van der Waals surface area contributed by atoms with E-state index >= 15 is 0 Å². The number of amides is 1. The molecule has 2 unspecified atom stereocenters. The molecule has 1 heterocycles. The molecule has 0 bridgehead atoms. The van der Waals surface area contributed by atoms with Crippen molar-refractivity contribution in [1.82, 2.24) is 10.3 Å². The van der Waals surface area contributed by atoms with Crippen LogP contribution in [0.15, 0.2) is 24.3 Å². The van der Waals surface area contributed by atoms with Crippen LogP contribution in [-0.4, -0.2) is 33.8 Å². The topological polar surface area (TPSA) is 82.5 Å². The highest BCUT2D eigenvalue weighted by atomic mass is 32.1. The first-order valence-electron chi connectivity index (χ1n) is 8.64. The van der Waals surface area contributed by atoms with Crippen LogP contribution in [-0.2, 0) is 4.79 Å². The number of benzene rings is 1. The zero-order valence-electron chi connectivity index (χ0n) is 13.6. The summed E-state index contributed by atoms with van der Waals surface area (Å²) in [5.41, 5.74) is 0.765. The molecule has 0 saturated heterocycles. The highest BCUT2D eigenvalue weighted by molar-refractivity contribution is 7.18. The number of nitrogens with zero attached hydrogens (tertiary/aromatic N) is 1. The summed E-state index contributed by atoms with van der Waals surface area (Å²) in [6, 6.07) is 7.51. The first kappa shape index (κ1) is 17.3. The lowest BCUT2D eigenvalue weighted by Crippen LogP contribution is -2.39. The third kappa shape index (κ3) is 4.12. The molecule has 130 valence electrons. The minimum absolute atomic E-state index is 0.366. The van der Waals surface area contributed by atoms with Gasteiger partial charge >= 0.3 is 0 Å². The van der Waals surface area contributed by atoms with E-state index in [0.29, 0.717) is 11.6 Å². The zero-order chi connectivity index (χ0) is 16.9. The molecule has 1 amide bonds. The van der Waals surface area contributed by atoms with E-state index in [-0.39, 0.29) is 0 Å². The Morgan fingerprint density at radius 3 is 2.79 bits per heavy atom. The van der Waals surface area contributed by atoms with Gasteiger partial charge in [0.2, 0.25) is 0 Å². The monoisotopic (exact) mass is 348 g/mol. The molecule has 3 N–H and O–H groups in total. The number of rotatable bonds is 7. The average molecular weight is 348 g/mol. The number of hydrogen-bond donors (Lipinski definition) is 3. The van der Waals surface area contributed by atoms with Crippen molar-refractivity contribution in [3.05, 3.63) is 29.3 Å². The Balaban J connectivity index is 1.48. The van der Waals surface area contributed by atoms with Crippen LogP contribution < -0.4 is 5.32 Å². The Morgan fingerprint density at radius 1 is 1.29 bits per heavy atom. The Hall–Kier alpha value is -1.50. The van der Waals surface area contributed by atoms with E-state index in [2.05, 4.69) is 10.3 Å². The van der Waals surface area contributed by atoms with E-state index in [1.54, 1.807) is 0 Å². The zero-order valence-corrected chi connectivity index (χ0v) is 14.5. The molecule has 0 radical (unpaired) electrons. The van der Waals surface area contributed by atoms with Crippen molar-refractivity contribution in [2.24, 2.45) is 5.92 Å². The Morgan fingerprint density at radius 2 is 2.04 bits per heavy atom. The van der Waals surface area contributed by atoms with Crippen LogP contribution in [0.25, 0.3) is 10.2 Å². The van der Waals surface area contributed by atoms with Gasteiger partial charge < -0.3 is 15.5 Å². The number of para-hydroxylation sites is 1. The third-order valence-corrected chi connectivity index (χ3v) is 5.80. The van der Waals surface area contributed by atoms with Crippen LogP contribution in [0, 0.1) is 5.92 Å². The molecule has 6 heteroatoms. The number of aliphatic hydroxyl groups excluding tert-OH is 2. The SMILES string of the molecule is O=C(NCCCC1CCCC1)C(O)C(O)c1nc2ccccc2s1. The molecule has 0 spiro atoms. The Labute approximate surface area is 145 Å². The van der Waals surface area contributed by atoms with Gasteiger partial charge in [-0.25, -0.2) is 4.98 Å². The van der Waals surface area contributed by atoms with Crippen LogP contribution in [0.2, 0.25) is 0 Å². The van der Waals surface area contributed by atoms with Gasteiger partial charge in [0, 0.05) is 6.54 Å². The van der Waals surface area contributed by atoms with Gasteiger partial charge in [-0.3, -0.25) is 4.79 Å². The van der Waals surface area contributed by atoms with Gasteiger partial charge in [0.1, 0.15) is 11.1 Å². The number of carbonyl (C=O) groups excluding carboxylic acids is 1. The van der Waals surface area contributed by atoms with Crippen LogP contribution >= 0.6 is 11.3 Å². The summed E-state index contributed by atoms with van der Waals surface area (Å²) >= 11 is 1.30. The summed E-state index contributed by atoms with van der Waals surface area (Å²) in [5.74, 6) is 0.258. The summed E-state index contributed by atoms with van der Waals surface area (Å²) in [5, 5.41) is 23.4. The van der Waals surface area contributed by atoms with Crippen molar-refractivity contribution in [1.29, 1.82) is 0 Å². The van der Waals surface area contributed by atoms with Gasteiger partial charge in [-0.05, 0) is 30.9 Å². The highest BCUT2D eigenvalue weighted by Crippen LogP contribution is 2.29. The number of aliphatic hydroxyl groups is 2. The summed E-state index contributed by atoms with van der Waals surface area (Å²) in [6.45, 7) is 0.541. The maximum absolute atomic E-state index is 12.0. The molecule has 2 aromatic rings. The van der Waals surface area contributed by atoms with E-state index in [1.807, 2.05) is 24.3 Å². The number of hydrogen-bond acceptors (Lipinski definition) is 5. The van der Waals surface area contributed by atoms with Crippen LogP contribution in [0.3, 0.4) is 0 Å². The second-order valence-electron chi connectivity index (χ2n) is 6.49. The largest absolute Gasteiger partial charge is 0.383 e. The molecule has 1 aliphatic carbocycles. The van der Waals surface area contributed by atoms with Crippen LogP contribution in [0.4, 0.5) is 0 Å². The minimum Gasteiger partial charge on any atom is -0.383 e. The maximum Gasteiger partial charge on any atom is 0.252 e. The van der Waals surface area contributed by atoms with E-state index < -0.39 is 18.1 Å². The number of carbonyl (C=O) groups is 1. The molecule has 0 aliphatic heterocycles. The van der Waals surface area contributed by atoms with Crippen molar-refractivity contribution in [3.8, 4) is 0 Å². The van der Waals surface area contributed by atoms with Crippen LogP contribution in [0.1, 0.15) is 49.6 Å². The molecule has 1 aliphatic rings. The quantitative estimate of drug-likeness (QED) is 0.672. The van der Waals surface area contributed by atoms with Gasteiger partial charge in [0.25, 0.3) is 5.91 Å². The number of nitrogens with one attached hydrogen (secondary N) is 1. The lowest BCUT2D eigenvalue weighted by Gasteiger charge is -2.16. The summed E-state index contributed by atoms with van der Waals surface area (Å²) < 4.78 is 0.927. The molecule has 1 aromatic carbocycles. The fourth-order valence-corrected chi connectivity index (χ4v) is 4.28. The molecule has 2 atom stereocenters. The number of thiazole rings is 1. The minimum atomic E-state index is -1.49. The molecular formula is C18H24N2O3S. The van der Waals surface area contributed by atoms with Crippen LogP contribution in [0.5, 0.6) is 0 Å². The maximum atomic E-state index is 12.0. The summed E-state index contributed by atoms with van der Waals surface area (Å²) in [7, 11) is 0. The van der Waals surface area contributed by atoms with Crippen molar-refractivity contribution in [3.63, 3.8) is 0 Å². The molecule has 1 saturated carbocycles. The second-order valence-corrected chi connectivity index (χ2v) is 7.56. The molecule has 24 heavy (non-hydrogen) atoms. The summed E-state index contributed by atoms with van der Waals surface area (Å²) in [4.78, 5) is 16.3. The molecule has 1 fully saturated rings. The third-order valence-electron chi connectivity index (χ3n) is 4.69. The van der Waals surface area contributed by atoms with Crippen molar-refractivity contribution >= 4 is 27.5 Å². The predicted molar refractivity (Wildman–Crippen MR) is 94.8 cm³/mol. The highest BCUT2D eigenvalue weighted by Gasteiger charge is 2.28. The predicted octanol–water partition coefficient (Wildman–Crippen LogP) is 2.78. The Kier molecular flexibility index (Phi) is 5.81.